The number of unbranched alkanes of at least 4 members (excludes halogenated alkanes) is 1. The van der Waals surface area contributed by atoms with Gasteiger partial charge >= 0.3 is 0 Å². The Hall–Kier alpha value is -2.01. The number of aryl methyl sites for hydroxylation is 4. The van der Waals surface area contributed by atoms with E-state index < -0.39 is 0 Å². The Morgan fingerprint density at radius 2 is 1.92 bits per heavy atom. The third kappa shape index (κ3) is 3.45. The number of pyridine rings is 1. The number of rotatable bonds is 6. The molecule has 1 aromatic carbocycles. The lowest BCUT2D eigenvalue weighted by Crippen LogP contribution is -2.18. The molecule has 0 unspecified atom stereocenters. The minimum Gasteiger partial charge on any atom is -0.328 e. The number of imidazole rings is 1. The van der Waals surface area contributed by atoms with Crippen LogP contribution in [0.1, 0.15) is 36.7 Å². The highest BCUT2D eigenvalue weighted by atomic mass is 32.2. The van der Waals surface area contributed by atoms with Crippen molar-refractivity contribution in [2.24, 2.45) is 7.05 Å². The van der Waals surface area contributed by atoms with Gasteiger partial charge in [-0.1, -0.05) is 13.3 Å². The van der Waals surface area contributed by atoms with Gasteiger partial charge in [0.15, 0.2) is 0 Å². The first kappa shape index (κ1) is 18.8. The first-order valence-corrected chi connectivity index (χ1v) is 10.5. The number of nitrogens with zero attached hydrogens (tertiary/aromatic N) is 3. The van der Waals surface area contributed by atoms with Crippen LogP contribution in [0, 0.1) is 13.8 Å². The van der Waals surface area contributed by atoms with Crippen molar-refractivity contribution in [2.45, 2.75) is 45.9 Å². The van der Waals surface area contributed by atoms with Gasteiger partial charge in [-0.2, -0.15) is 11.8 Å². The molecule has 0 saturated heterocycles. The molecule has 0 aliphatic carbocycles. The van der Waals surface area contributed by atoms with E-state index >= 15 is 0 Å². The highest BCUT2D eigenvalue weighted by Gasteiger charge is 2.14. The van der Waals surface area contributed by atoms with Crippen LogP contribution in [0.2, 0.25) is 0 Å². The molecule has 4 nitrogen and oxygen atoms in total. The lowest BCUT2D eigenvalue weighted by molar-refractivity contribution is 0.631. The van der Waals surface area contributed by atoms with Crippen LogP contribution in [0.4, 0.5) is 0 Å². The van der Waals surface area contributed by atoms with Gasteiger partial charge in [-0.3, -0.25) is 4.79 Å². The lowest BCUT2D eigenvalue weighted by atomic mass is 10.0. The Bertz CT molecular complexity index is 974. The topological polar surface area (TPSA) is 39.8 Å². The Balaban J connectivity index is 2.24. The van der Waals surface area contributed by atoms with Crippen molar-refractivity contribution < 1.29 is 0 Å². The number of aromatic nitrogens is 3. The van der Waals surface area contributed by atoms with Crippen molar-refractivity contribution in [1.82, 2.24) is 14.1 Å². The maximum Gasteiger partial charge on any atom is 0.253 e. The quantitative estimate of drug-likeness (QED) is 0.633. The van der Waals surface area contributed by atoms with Gasteiger partial charge in [-0.05, 0) is 61.4 Å². The molecule has 5 heteroatoms. The molecule has 2 heterocycles. The summed E-state index contributed by atoms with van der Waals surface area (Å²) >= 11 is 1.81. The summed E-state index contributed by atoms with van der Waals surface area (Å²) in [4.78, 5) is 16.9. The van der Waals surface area contributed by atoms with Crippen molar-refractivity contribution in [3.63, 3.8) is 0 Å². The molecule has 0 N–H and O–H groups in total. The van der Waals surface area contributed by atoms with E-state index in [1.165, 1.54) is 11.1 Å². The molecular formula is C21H27N3OS. The summed E-state index contributed by atoms with van der Waals surface area (Å²) in [5.74, 6) is 2.00. The molecule has 26 heavy (non-hydrogen) atoms. The minimum absolute atomic E-state index is 0.0583. The van der Waals surface area contributed by atoms with Gasteiger partial charge in [0.2, 0.25) is 0 Å². The van der Waals surface area contributed by atoms with E-state index in [-0.39, 0.29) is 5.56 Å². The van der Waals surface area contributed by atoms with Crippen LogP contribution in [0.3, 0.4) is 0 Å². The molecule has 0 atom stereocenters. The fourth-order valence-electron chi connectivity index (χ4n) is 3.48. The summed E-state index contributed by atoms with van der Waals surface area (Å²) in [5.41, 5.74) is 6.62. The van der Waals surface area contributed by atoms with Crippen LogP contribution in [0.15, 0.2) is 29.2 Å². The summed E-state index contributed by atoms with van der Waals surface area (Å²) in [5, 5.41) is 0. The molecular weight excluding hydrogens is 342 g/mol. The highest BCUT2D eigenvalue weighted by Crippen LogP contribution is 2.30. The Kier molecular flexibility index (Phi) is 5.56. The number of fused-ring (bicyclic) bond motifs is 1. The summed E-state index contributed by atoms with van der Waals surface area (Å²) in [6.45, 7) is 7.18. The second-order valence-corrected chi connectivity index (χ2v) is 7.79. The lowest BCUT2D eigenvalue weighted by Gasteiger charge is -2.11. The first-order valence-electron chi connectivity index (χ1n) is 9.12. The van der Waals surface area contributed by atoms with Crippen molar-refractivity contribution >= 4 is 22.8 Å². The van der Waals surface area contributed by atoms with Crippen LogP contribution in [-0.2, 0) is 19.3 Å². The molecule has 3 aromatic rings. The normalized spacial score (nSPS) is 11.4. The van der Waals surface area contributed by atoms with Crippen LogP contribution < -0.4 is 5.56 Å². The Labute approximate surface area is 159 Å². The average molecular weight is 370 g/mol. The monoisotopic (exact) mass is 369 g/mol. The summed E-state index contributed by atoms with van der Waals surface area (Å²) in [6.07, 6.45) is 6.36. The number of hydrogen-bond donors (Lipinski definition) is 0. The second-order valence-electron chi connectivity index (χ2n) is 6.93. The zero-order chi connectivity index (χ0) is 18.8. The van der Waals surface area contributed by atoms with E-state index in [0.717, 1.165) is 53.2 Å². The molecule has 0 aliphatic rings. The van der Waals surface area contributed by atoms with Crippen molar-refractivity contribution in [3.05, 3.63) is 51.7 Å². The van der Waals surface area contributed by atoms with E-state index in [1.54, 1.807) is 4.57 Å². The van der Waals surface area contributed by atoms with Crippen LogP contribution in [-0.4, -0.2) is 20.4 Å². The Morgan fingerprint density at radius 1 is 1.15 bits per heavy atom. The van der Waals surface area contributed by atoms with Crippen LogP contribution in [0.5, 0.6) is 0 Å². The summed E-state index contributed by atoms with van der Waals surface area (Å²) in [7, 11) is 1.82. The van der Waals surface area contributed by atoms with Crippen molar-refractivity contribution in [3.8, 4) is 11.1 Å². The molecule has 0 fully saturated rings. The maximum atomic E-state index is 12.1. The van der Waals surface area contributed by atoms with Crippen molar-refractivity contribution in [1.29, 1.82) is 0 Å². The van der Waals surface area contributed by atoms with E-state index in [4.69, 9.17) is 4.98 Å². The average Bonchev–Trinajstić information content (AvgIpc) is 2.93. The van der Waals surface area contributed by atoms with Gasteiger partial charge in [0.25, 0.3) is 5.56 Å². The number of hydrogen-bond acceptors (Lipinski definition) is 3. The molecule has 0 saturated carbocycles. The standard InChI is InChI=1S/C21H27N3OS/c1-6-7-8-24-15(3)22-20-18(13-26-5)10-16(11-19(20)24)17-9-14(2)21(25)23(4)12-17/h9-12H,6-8,13H2,1-5H3. The van der Waals surface area contributed by atoms with E-state index in [1.807, 2.05) is 38.0 Å². The molecule has 2 aromatic heterocycles. The summed E-state index contributed by atoms with van der Waals surface area (Å²) < 4.78 is 4.00. The number of thioether (sulfide) groups is 1. The van der Waals surface area contributed by atoms with Gasteiger partial charge in [-0.25, -0.2) is 4.98 Å². The van der Waals surface area contributed by atoms with Gasteiger partial charge in [0.05, 0.1) is 11.0 Å². The predicted molar refractivity (Wildman–Crippen MR) is 112 cm³/mol. The molecule has 0 spiro atoms. The fourth-order valence-corrected chi connectivity index (χ4v) is 4.01. The fraction of sp³-hybridized carbons (Fsp3) is 0.429. The molecule has 0 aliphatic heterocycles. The first-order chi connectivity index (χ1) is 12.5. The SMILES string of the molecule is CCCCn1c(C)nc2c(CSC)cc(-c3cc(C)c(=O)n(C)c3)cc21. The van der Waals surface area contributed by atoms with Crippen molar-refractivity contribution in [2.75, 3.05) is 6.26 Å². The third-order valence-corrected chi connectivity index (χ3v) is 5.45. The molecule has 0 bridgehead atoms. The van der Waals surface area contributed by atoms with Crippen LogP contribution >= 0.6 is 11.8 Å². The summed E-state index contributed by atoms with van der Waals surface area (Å²) in [6, 6.07) is 6.45. The molecule has 3 rings (SSSR count). The van der Waals surface area contributed by atoms with E-state index in [0.29, 0.717) is 0 Å². The second kappa shape index (κ2) is 7.70. The third-order valence-electron chi connectivity index (χ3n) is 4.85. The number of benzene rings is 1. The molecule has 0 amide bonds. The predicted octanol–water partition coefficient (Wildman–Crippen LogP) is 4.68. The molecule has 138 valence electrons. The van der Waals surface area contributed by atoms with E-state index in [2.05, 4.69) is 36.8 Å². The highest BCUT2D eigenvalue weighted by molar-refractivity contribution is 7.97. The largest absolute Gasteiger partial charge is 0.328 e. The van der Waals surface area contributed by atoms with Gasteiger partial charge in [0.1, 0.15) is 5.82 Å². The molecule has 0 radical (unpaired) electrons. The van der Waals surface area contributed by atoms with Gasteiger partial charge in [0, 0.05) is 31.1 Å². The van der Waals surface area contributed by atoms with Gasteiger partial charge in [-0.15, -0.1) is 0 Å². The zero-order valence-electron chi connectivity index (χ0n) is 16.3. The maximum absolute atomic E-state index is 12.1. The Morgan fingerprint density at radius 3 is 2.58 bits per heavy atom. The zero-order valence-corrected chi connectivity index (χ0v) is 17.1. The minimum atomic E-state index is 0.0583. The van der Waals surface area contributed by atoms with Gasteiger partial charge < -0.3 is 9.13 Å². The van der Waals surface area contributed by atoms with E-state index in [9.17, 15) is 4.79 Å². The van der Waals surface area contributed by atoms with Crippen LogP contribution in [0.25, 0.3) is 22.2 Å². The smallest absolute Gasteiger partial charge is 0.253 e.